The van der Waals surface area contributed by atoms with E-state index < -0.39 is 11.6 Å². The maximum atomic E-state index is 13.4. The average Bonchev–Trinajstić information content (AvgIpc) is 3.29. The van der Waals surface area contributed by atoms with Crippen molar-refractivity contribution in [1.82, 2.24) is 14.8 Å². The van der Waals surface area contributed by atoms with Crippen molar-refractivity contribution in [2.45, 2.75) is 19.4 Å². The first-order valence-electron chi connectivity index (χ1n) is 8.57. The van der Waals surface area contributed by atoms with E-state index >= 15 is 0 Å². The second-order valence-electron chi connectivity index (χ2n) is 6.37. The molecule has 3 aromatic rings. The zero-order valence-corrected chi connectivity index (χ0v) is 14.7. The number of aryl methyl sites for hydroxylation is 1. The number of anilines is 2. The predicted molar refractivity (Wildman–Crippen MR) is 97.7 cm³/mol. The molecule has 1 aromatic heterocycles. The number of nitrogens with zero attached hydrogens (tertiary/aromatic N) is 3. The lowest BCUT2D eigenvalue weighted by Crippen LogP contribution is -2.15. The number of halogens is 2. The Morgan fingerprint density at radius 1 is 1.22 bits per heavy atom. The summed E-state index contributed by atoms with van der Waals surface area (Å²) >= 11 is 0. The Morgan fingerprint density at radius 3 is 2.89 bits per heavy atom. The van der Waals surface area contributed by atoms with Crippen LogP contribution in [-0.2, 0) is 4.74 Å². The molecular formula is C19H20F2N4O2. The van der Waals surface area contributed by atoms with E-state index in [0.29, 0.717) is 24.8 Å². The van der Waals surface area contributed by atoms with Crippen LogP contribution in [-0.4, -0.2) is 34.1 Å². The Morgan fingerprint density at radius 2 is 2.11 bits per heavy atom. The molecule has 1 aliphatic heterocycles. The zero-order valence-electron chi connectivity index (χ0n) is 14.7. The molecule has 2 heterocycles. The minimum atomic E-state index is -0.936. The first-order valence-corrected chi connectivity index (χ1v) is 8.57. The van der Waals surface area contributed by atoms with Gasteiger partial charge in [0.05, 0.1) is 18.9 Å². The van der Waals surface area contributed by atoms with Gasteiger partial charge in [0, 0.05) is 25.7 Å². The minimum Gasteiger partial charge on any atom is -0.488 e. The van der Waals surface area contributed by atoms with Crippen LogP contribution in [0.4, 0.5) is 20.4 Å². The molecule has 0 amide bonds. The van der Waals surface area contributed by atoms with E-state index in [2.05, 4.69) is 15.4 Å². The second kappa shape index (κ2) is 7.32. The molecule has 1 aliphatic rings. The monoisotopic (exact) mass is 374 g/mol. The SMILES string of the molecule is Cc1cc(Nc2ncn(-c3ccc(F)c(F)c3)n2)cc(OC2CCOC2)c1.[HH]. The van der Waals surface area contributed by atoms with Crippen LogP contribution in [0, 0.1) is 18.6 Å². The Balaban J connectivity index is 0.00000225. The van der Waals surface area contributed by atoms with Gasteiger partial charge < -0.3 is 14.8 Å². The van der Waals surface area contributed by atoms with E-state index in [1.54, 1.807) is 0 Å². The maximum absolute atomic E-state index is 13.4. The first kappa shape index (κ1) is 17.4. The summed E-state index contributed by atoms with van der Waals surface area (Å²) < 4.78 is 39.1. The lowest BCUT2D eigenvalue weighted by atomic mass is 10.2. The number of hydrogen-bond acceptors (Lipinski definition) is 5. The van der Waals surface area contributed by atoms with Gasteiger partial charge in [0.1, 0.15) is 18.2 Å². The number of rotatable bonds is 5. The van der Waals surface area contributed by atoms with E-state index in [0.717, 1.165) is 35.6 Å². The molecule has 8 heteroatoms. The molecule has 0 aliphatic carbocycles. The van der Waals surface area contributed by atoms with E-state index in [4.69, 9.17) is 9.47 Å². The van der Waals surface area contributed by atoms with Gasteiger partial charge in [-0.25, -0.2) is 13.5 Å². The summed E-state index contributed by atoms with van der Waals surface area (Å²) in [6.45, 7) is 3.28. The molecule has 2 aromatic carbocycles. The topological polar surface area (TPSA) is 61.2 Å². The van der Waals surface area contributed by atoms with Crippen molar-refractivity contribution in [2.24, 2.45) is 0 Å². The summed E-state index contributed by atoms with van der Waals surface area (Å²) in [5.74, 6) is -0.764. The van der Waals surface area contributed by atoms with E-state index in [1.807, 2.05) is 25.1 Å². The van der Waals surface area contributed by atoms with Crippen LogP contribution in [0.1, 0.15) is 13.4 Å². The first-order chi connectivity index (χ1) is 13.1. The molecule has 0 bridgehead atoms. The second-order valence-corrected chi connectivity index (χ2v) is 6.37. The number of benzene rings is 2. The smallest absolute Gasteiger partial charge is 0.246 e. The van der Waals surface area contributed by atoms with E-state index in [1.165, 1.54) is 17.1 Å². The molecule has 4 rings (SSSR count). The van der Waals surface area contributed by atoms with Crippen LogP contribution in [0.5, 0.6) is 5.75 Å². The van der Waals surface area contributed by atoms with E-state index in [-0.39, 0.29) is 7.53 Å². The van der Waals surface area contributed by atoms with Crippen LogP contribution >= 0.6 is 0 Å². The summed E-state index contributed by atoms with van der Waals surface area (Å²) in [5.41, 5.74) is 2.17. The van der Waals surface area contributed by atoms with Crippen molar-refractivity contribution < 1.29 is 19.7 Å². The van der Waals surface area contributed by atoms with Crippen molar-refractivity contribution in [1.29, 1.82) is 0 Å². The van der Waals surface area contributed by atoms with Gasteiger partial charge in [0.15, 0.2) is 11.6 Å². The van der Waals surface area contributed by atoms with Gasteiger partial charge >= 0.3 is 0 Å². The largest absolute Gasteiger partial charge is 0.488 e. The Bertz CT molecular complexity index is 961. The highest BCUT2D eigenvalue weighted by Gasteiger charge is 2.17. The van der Waals surface area contributed by atoms with Gasteiger partial charge in [-0.2, -0.15) is 4.98 Å². The number of aromatic nitrogens is 3. The molecule has 142 valence electrons. The average molecular weight is 374 g/mol. The fraction of sp³-hybridized carbons (Fsp3) is 0.263. The van der Waals surface area contributed by atoms with Gasteiger partial charge in [-0.15, -0.1) is 5.10 Å². The van der Waals surface area contributed by atoms with Crippen molar-refractivity contribution in [3.8, 4) is 11.4 Å². The van der Waals surface area contributed by atoms with E-state index in [9.17, 15) is 8.78 Å². The highest BCUT2D eigenvalue weighted by Crippen LogP contribution is 2.25. The molecule has 1 saturated heterocycles. The number of ether oxygens (including phenoxy) is 2. The molecular weight excluding hydrogens is 354 g/mol. The third-order valence-corrected chi connectivity index (χ3v) is 4.16. The summed E-state index contributed by atoms with van der Waals surface area (Å²) in [7, 11) is 0. The molecule has 1 N–H and O–H groups in total. The highest BCUT2D eigenvalue weighted by molar-refractivity contribution is 5.57. The third-order valence-electron chi connectivity index (χ3n) is 4.16. The fourth-order valence-corrected chi connectivity index (χ4v) is 2.89. The molecule has 0 saturated carbocycles. The molecule has 1 unspecified atom stereocenters. The van der Waals surface area contributed by atoms with Crippen LogP contribution in [0.3, 0.4) is 0 Å². The quantitative estimate of drug-likeness (QED) is 0.731. The molecule has 27 heavy (non-hydrogen) atoms. The van der Waals surface area contributed by atoms with Crippen molar-refractivity contribution in [3.05, 3.63) is 59.9 Å². The van der Waals surface area contributed by atoms with Gasteiger partial charge in [0.25, 0.3) is 0 Å². The van der Waals surface area contributed by atoms with Crippen LogP contribution in [0.2, 0.25) is 0 Å². The molecule has 1 fully saturated rings. The van der Waals surface area contributed by atoms with Crippen molar-refractivity contribution in [2.75, 3.05) is 18.5 Å². The van der Waals surface area contributed by atoms with Crippen molar-refractivity contribution in [3.63, 3.8) is 0 Å². The van der Waals surface area contributed by atoms with Crippen LogP contribution < -0.4 is 10.1 Å². The van der Waals surface area contributed by atoms with Crippen LogP contribution in [0.25, 0.3) is 5.69 Å². The normalized spacial score (nSPS) is 16.5. The highest BCUT2D eigenvalue weighted by atomic mass is 19.2. The fourth-order valence-electron chi connectivity index (χ4n) is 2.89. The van der Waals surface area contributed by atoms with Gasteiger partial charge in [-0.05, 0) is 36.8 Å². The lowest BCUT2D eigenvalue weighted by molar-refractivity contribution is 0.141. The summed E-state index contributed by atoms with van der Waals surface area (Å²) in [5, 5.41) is 7.36. The Labute approximate surface area is 156 Å². The van der Waals surface area contributed by atoms with Gasteiger partial charge in [-0.3, -0.25) is 0 Å². The number of nitrogens with one attached hydrogen (secondary N) is 1. The maximum Gasteiger partial charge on any atom is 0.246 e. The minimum absolute atomic E-state index is 0. The summed E-state index contributed by atoms with van der Waals surface area (Å²) in [6, 6.07) is 9.31. The Hall–Kier alpha value is -3.00. The third kappa shape index (κ3) is 4.06. The lowest BCUT2D eigenvalue weighted by Gasteiger charge is -2.14. The standard InChI is InChI=1S/C19H18F2N4O2.H2/c1-12-6-13(8-16(7-12)27-15-4-5-26-10-15)23-19-22-11-25(24-19)14-2-3-17(20)18(21)9-14;/h2-3,6-9,11,15H,4-5,10H2,1H3,(H,23,24);1H. The summed E-state index contributed by atoms with van der Waals surface area (Å²) in [4.78, 5) is 4.17. The predicted octanol–water partition coefficient (Wildman–Crippen LogP) is 4.01. The molecule has 0 radical (unpaired) electrons. The van der Waals surface area contributed by atoms with Crippen molar-refractivity contribution >= 4 is 11.6 Å². The van der Waals surface area contributed by atoms with Gasteiger partial charge in [0.2, 0.25) is 5.95 Å². The summed E-state index contributed by atoms with van der Waals surface area (Å²) in [6.07, 6.45) is 2.36. The zero-order chi connectivity index (χ0) is 18.8. The molecule has 0 spiro atoms. The number of hydrogen-bond donors (Lipinski definition) is 1. The molecule has 6 nitrogen and oxygen atoms in total. The van der Waals surface area contributed by atoms with Crippen LogP contribution in [0.15, 0.2) is 42.7 Å². The van der Waals surface area contributed by atoms with Gasteiger partial charge in [-0.1, -0.05) is 0 Å². The Kier molecular flexibility index (Phi) is 4.72. The molecule has 1 atom stereocenters.